The van der Waals surface area contributed by atoms with Gasteiger partial charge in [0.1, 0.15) is 23.1 Å². The van der Waals surface area contributed by atoms with Crippen LogP contribution in [0.25, 0.3) is 11.1 Å². The summed E-state index contributed by atoms with van der Waals surface area (Å²) in [5.74, 6) is 1.21. The lowest BCUT2D eigenvalue weighted by molar-refractivity contribution is -0.122. The van der Waals surface area contributed by atoms with Gasteiger partial charge in [-0.25, -0.2) is 9.37 Å². The quantitative estimate of drug-likeness (QED) is 0.466. The third kappa shape index (κ3) is 5.54. The van der Waals surface area contributed by atoms with Crippen molar-refractivity contribution in [1.82, 2.24) is 4.98 Å². The topological polar surface area (TPSA) is 83.9 Å². The minimum Gasteiger partial charge on any atom is -0.497 e. The van der Waals surface area contributed by atoms with E-state index in [1.807, 2.05) is 32.9 Å². The van der Waals surface area contributed by atoms with E-state index in [-0.39, 0.29) is 18.3 Å². The fourth-order valence-corrected chi connectivity index (χ4v) is 3.96. The average Bonchev–Trinajstić information content (AvgIpc) is 2.86. The van der Waals surface area contributed by atoms with Gasteiger partial charge in [0, 0.05) is 25.2 Å². The molecular formula is C27H32FN3O4. The van der Waals surface area contributed by atoms with Crippen LogP contribution in [0.1, 0.15) is 25.0 Å². The predicted octanol–water partition coefficient (Wildman–Crippen LogP) is 4.56. The lowest BCUT2D eigenvalue weighted by atomic mass is 9.82. The highest BCUT2D eigenvalue weighted by Gasteiger charge is 2.35. The summed E-state index contributed by atoms with van der Waals surface area (Å²) >= 11 is 0. The molecule has 0 aliphatic rings. The maximum Gasteiger partial charge on any atom is 0.236 e. The summed E-state index contributed by atoms with van der Waals surface area (Å²) in [7, 11) is 4.82. The molecule has 3 rings (SSSR count). The largest absolute Gasteiger partial charge is 0.497 e. The molecule has 3 aromatic rings. The summed E-state index contributed by atoms with van der Waals surface area (Å²) < 4.78 is 24.6. The lowest BCUT2D eigenvalue weighted by Crippen LogP contribution is -2.41. The molecule has 0 aliphatic carbocycles. The maximum absolute atomic E-state index is 13.9. The molecule has 2 N–H and O–H groups in total. The van der Waals surface area contributed by atoms with Gasteiger partial charge >= 0.3 is 0 Å². The van der Waals surface area contributed by atoms with E-state index in [9.17, 15) is 14.3 Å². The molecule has 2 aromatic carbocycles. The van der Waals surface area contributed by atoms with Crippen LogP contribution < -0.4 is 19.7 Å². The number of hydrogen-bond donors (Lipinski definition) is 2. The average molecular weight is 482 g/mol. The van der Waals surface area contributed by atoms with Crippen LogP contribution in [0.2, 0.25) is 0 Å². The second kappa shape index (κ2) is 10.7. The number of aromatic nitrogens is 1. The van der Waals surface area contributed by atoms with Gasteiger partial charge in [-0.1, -0.05) is 6.07 Å². The van der Waals surface area contributed by atoms with Gasteiger partial charge in [0.15, 0.2) is 0 Å². The minimum absolute atomic E-state index is 0.0507. The van der Waals surface area contributed by atoms with Gasteiger partial charge in [-0.15, -0.1) is 0 Å². The van der Waals surface area contributed by atoms with Crippen LogP contribution in [0.3, 0.4) is 0 Å². The Bertz CT molecular complexity index is 1190. The fraction of sp³-hybridized carbons (Fsp3) is 0.333. The van der Waals surface area contributed by atoms with Gasteiger partial charge in [-0.2, -0.15) is 0 Å². The third-order valence-corrected chi connectivity index (χ3v) is 6.05. The zero-order valence-corrected chi connectivity index (χ0v) is 21.0. The Morgan fingerprint density at radius 1 is 1.09 bits per heavy atom. The molecule has 8 heteroatoms. The van der Waals surface area contributed by atoms with E-state index in [1.165, 1.54) is 12.1 Å². The molecule has 1 amide bonds. The SMILES string of the molecule is COc1cc(OC)cc(C(C)(C)C(=O)N(C)c2cnc(NCCO)cc2-c2ccc(F)cc2C)c1. The molecule has 0 atom stereocenters. The number of anilines is 2. The Kier molecular flexibility index (Phi) is 7.96. The first kappa shape index (κ1) is 26.0. The number of halogens is 1. The van der Waals surface area contributed by atoms with E-state index < -0.39 is 5.41 Å². The number of benzene rings is 2. The summed E-state index contributed by atoms with van der Waals surface area (Å²) in [6.07, 6.45) is 1.61. The van der Waals surface area contributed by atoms with Crippen LogP contribution >= 0.6 is 0 Å². The van der Waals surface area contributed by atoms with Crippen LogP contribution in [0.15, 0.2) is 48.7 Å². The smallest absolute Gasteiger partial charge is 0.236 e. The molecule has 0 fully saturated rings. The van der Waals surface area contributed by atoms with Gasteiger partial charge < -0.3 is 24.8 Å². The maximum atomic E-state index is 13.9. The molecule has 186 valence electrons. The van der Waals surface area contributed by atoms with E-state index in [4.69, 9.17) is 9.47 Å². The molecule has 35 heavy (non-hydrogen) atoms. The van der Waals surface area contributed by atoms with Crippen molar-refractivity contribution in [3.8, 4) is 22.6 Å². The van der Waals surface area contributed by atoms with Crippen LogP contribution in [0.5, 0.6) is 11.5 Å². The summed E-state index contributed by atoms with van der Waals surface area (Å²) in [5.41, 5.74) is 2.59. The van der Waals surface area contributed by atoms with Crippen molar-refractivity contribution in [3.63, 3.8) is 0 Å². The number of aryl methyl sites for hydroxylation is 1. The molecule has 7 nitrogen and oxygen atoms in total. The second-order valence-electron chi connectivity index (χ2n) is 8.79. The summed E-state index contributed by atoms with van der Waals surface area (Å²) in [5, 5.41) is 12.2. The van der Waals surface area contributed by atoms with Gasteiger partial charge in [-0.05, 0) is 67.8 Å². The van der Waals surface area contributed by atoms with E-state index in [0.717, 1.165) is 16.7 Å². The van der Waals surface area contributed by atoms with Crippen molar-refractivity contribution in [1.29, 1.82) is 0 Å². The first-order valence-corrected chi connectivity index (χ1v) is 11.2. The van der Waals surface area contributed by atoms with Crippen LogP contribution in [-0.4, -0.2) is 50.4 Å². The summed E-state index contributed by atoms with van der Waals surface area (Å²) in [4.78, 5) is 19.8. The number of methoxy groups -OCH3 is 2. The number of carbonyl (C=O) groups is 1. The molecule has 0 saturated heterocycles. The van der Waals surface area contributed by atoms with E-state index in [0.29, 0.717) is 35.1 Å². The number of ether oxygens (including phenoxy) is 2. The van der Waals surface area contributed by atoms with E-state index >= 15 is 0 Å². The highest BCUT2D eigenvalue weighted by atomic mass is 19.1. The Balaban J connectivity index is 2.09. The molecular weight excluding hydrogens is 449 g/mol. The molecule has 0 saturated carbocycles. The molecule has 0 unspecified atom stereocenters. The van der Waals surface area contributed by atoms with E-state index in [2.05, 4.69) is 10.3 Å². The monoisotopic (exact) mass is 481 g/mol. The van der Waals surface area contributed by atoms with Crippen molar-refractivity contribution in [2.45, 2.75) is 26.2 Å². The molecule has 0 radical (unpaired) electrons. The number of amides is 1. The number of nitrogens with one attached hydrogen (secondary N) is 1. The lowest BCUT2D eigenvalue weighted by Gasteiger charge is -2.31. The number of pyridine rings is 1. The number of nitrogens with zero attached hydrogens (tertiary/aromatic N) is 2. The van der Waals surface area contributed by atoms with Gasteiger partial charge in [0.2, 0.25) is 5.91 Å². The third-order valence-electron chi connectivity index (χ3n) is 6.05. The Morgan fingerprint density at radius 3 is 2.31 bits per heavy atom. The van der Waals surface area contributed by atoms with Crippen molar-refractivity contribution in [3.05, 3.63) is 65.6 Å². The minimum atomic E-state index is -0.931. The van der Waals surface area contributed by atoms with Crippen LogP contribution in [0.4, 0.5) is 15.9 Å². The van der Waals surface area contributed by atoms with Crippen LogP contribution in [-0.2, 0) is 10.2 Å². The normalized spacial score (nSPS) is 11.2. The van der Waals surface area contributed by atoms with Gasteiger partial charge in [-0.3, -0.25) is 4.79 Å². The van der Waals surface area contributed by atoms with Crippen molar-refractivity contribution < 1.29 is 23.8 Å². The Hall–Kier alpha value is -3.65. The molecule has 1 heterocycles. The number of aliphatic hydroxyl groups is 1. The number of hydrogen-bond acceptors (Lipinski definition) is 6. The zero-order valence-electron chi connectivity index (χ0n) is 21.0. The van der Waals surface area contributed by atoms with Gasteiger partial charge in [0.05, 0.1) is 38.1 Å². The Labute approximate surface area is 205 Å². The highest BCUT2D eigenvalue weighted by Crippen LogP contribution is 2.38. The van der Waals surface area contributed by atoms with Gasteiger partial charge in [0.25, 0.3) is 0 Å². The standard InChI is InChI=1S/C27H32FN3O4/c1-17-11-19(28)7-8-22(17)23-15-25(29-9-10-32)30-16-24(23)31(4)26(33)27(2,3)18-12-20(34-5)14-21(13-18)35-6/h7-8,11-16,32H,9-10H2,1-6H3,(H,29,30). The number of carbonyl (C=O) groups excluding carboxylic acids is 1. The molecule has 0 spiro atoms. The number of rotatable bonds is 9. The van der Waals surface area contributed by atoms with Crippen molar-refractivity contribution >= 4 is 17.4 Å². The first-order valence-electron chi connectivity index (χ1n) is 11.2. The summed E-state index contributed by atoms with van der Waals surface area (Å²) in [6.45, 7) is 5.78. The molecule has 1 aromatic heterocycles. The van der Waals surface area contributed by atoms with Crippen LogP contribution in [0, 0.1) is 12.7 Å². The zero-order chi connectivity index (χ0) is 25.8. The first-order chi connectivity index (χ1) is 16.6. The van der Waals surface area contributed by atoms with Crippen molar-refractivity contribution in [2.75, 3.05) is 44.6 Å². The van der Waals surface area contributed by atoms with E-state index in [1.54, 1.807) is 50.6 Å². The Morgan fingerprint density at radius 2 is 1.74 bits per heavy atom. The molecule has 0 bridgehead atoms. The fourth-order valence-electron chi connectivity index (χ4n) is 3.96. The predicted molar refractivity (Wildman–Crippen MR) is 136 cm³/mol. The second-order valence-corrected chi connectivity index (χ2v) is 8.79. The summed E-state index contributed by atoms with van der Waals surface area (Å²) in [6, 6.07) is 11.7. The number of likely N-dealkylation sites (N-methyl/N-ethyl adjacent to an activating group) is 1. The van der Waals surface area contributed by atoms with Crippen molar-refractivity contribution in [2.24, 2.45) is 0 Å². The highest BCUT2D eigenvalue weighted by molar-refractivity contribution is 6.03. The molecule has 0 aliphatic heterocycles. The number of aliphatic hydroxyl groups excluding tert-OH is 1.